The number of carbonyl (C=O) groups excluding carboxylic acids is 2. The molecule has 2 amide bonds. The molecule has 2 heterocycles. The number of benzene rings is 1. The van der Waals surface area contributed by atoms with Crippen molar-refractivity contribution < 1.29 is 14.3 Å². The number of rotatable bonds is 6. The first-order valence-electron chi connectivity index (χ1n) is 8.22. The van der Waals surface area contributed by atoms with Gasteiger partial charge in [0, 0.05) is 23.3 Å². The van der Waals surface area contributed by atoms with Gasteiger partial charge in [-0.1, -0.05) is 12.1 Å². The molecule has 7 nitrogen and oxygen atoms in total. The minimum atomic E-state index is -0.445. The van der Waals surface area contributed by atoms with Crippen molar-refractivity contribution in [1.29, 1.82) is 0 Å². The second-order valence-corrected chi connectivity index (χ2v) is 6.62. The SMILES string of the molecule is Cc1cccc(OCC(=O)NNC(=O)Cc2csc(-c3cccnc3)n2)c1. The van der Waals surface area contributed by atoms with Crippen molar-refractivity contribution in [3.05, 3.63) is 65.4 Å². The summed E-state index contributed by atoms with van der Waals surface area (Å²) < 4.78 is 5.37. The molecule has 27 heavy (non-hydrogen) atoms. The van der Waals surface area contributed by atoms with Crippen molar-refractivity contribution in [2.24, 2.45) is 0 Å². The third-order valence-electron chi connectivity index (χ3n) is 3.50. The van der Waals surface area contributed by atoms with Crippen LogP contribution in [0.5, 0.6) is 5.75 Å². The van der Waals surface area contributed by atoms with Crippen LogP contribution in [0.4, 0.5) is 0 Å². The fourth-order valence-electron chi connectivity index (χ4n) is 2.25. The van der Waals surface area contributed by atoms with Crippen molar-refractivity contribution in [3.8, 4) is 16.3 Å². The molecule has 3 aromatic rings. The number of pyridine rings is 1. The van der Waals surface area contributed by atoms with E-state index in [-0.39, 0.29) is 18.9 Å². The highest BCUT2D eigenvalue weighted by Crippen LogP contribution is 2.22. The molecule has 1 aromatic carbocycles. The van der Waals surface area contributed by atoms with Crippen LogP contribution in [0.15, 0.2) is 54.2 Å². The Balaban J connectivity index is 1.43. The van der Waals surface area contributed by atoms with Gasteiger partial charge in [0.15, 0.2) is 6.61 Å². The van der Waals surface area contributed by atoms with Gasteiger partial charge in [-0.3, -0.25) is 25.4 Å². The van der Waals surface area contributed by atoms with E-state index in [2.05, 4.69) is 20.8 Å². The molecule has 2 aromatic heterocycles. The average Bonchev–Trinajstić information content (AvgIpc) is 3.14. The van der Waals surface area contributed by atoms with Crippen LogP contribution in [0.2, 0.25) is 0 Å². The summed E-state index contributed by atoms with van der Waals surface area (Å²) in [6.45, 7) is 1.75. The zero-order valence-corrected chi connectivity index (χ0v) is 15.5. The van der Waals surface area contributed by atoms with Gasteiger partial charge in [0.25, 0.3) is 5.91 Å². The number of aromatic nitrogens is 2. The number of hydrogen-bond donors (Lipinski definition) is 2. The molecule has 0 aliphatic heterocycles. The topological polar surface area (TPSA) is 93.2 Å². The summed E-state index contributed by atoms with van der Waals surface area (Å²) in [5, 5.41) is 2.60. The Kier molecular flexibility index (Phi) is 6.11. The molecule has 0 radical (unpaired) electrons. The van der Waals surface area contributed by atoms with Gasteiger partial charge in [0.1, 0.15) is 10.8 Å². The van der Waals surface area contributed by atoms with E-state index < -0.39 is 5.91 Å². The fraction of sp³-hybridized carbons (Fsp3) is 0.158. The molecule has 0 atom stereocenters. The lowest BCUT2D eigenvalue weighted by molar-refractivity contribution is -0.129. The minimum Gasteiger partial charge on any atom is -0.484 e. The number of thiazole rings is 1. The Morgan fingerprint density at radius 3 is 2.78 bits per heavy atom. The van der Waals surface area contributed by atoms with E-state index in [1.807, 2.05) is 42.6 Å². The summed E-state index contributed by atoms with van der Waals surface area (Å²) in [5.74, 6) is -0.206. The van der Waals surface area contributed by atoms with Crippen molar-refractivity contribution in [2.45, 2.75) is 13.3 Å². The van der Waals surface area contributed by atoms with Gasteiger partial charge in [0.05, 0.1) is 12.1 Å². The molecule has 3 rings (SSSR count). The van der Waals surface area contributed by atoms with Crippen molar-refractivity contribution in [2.75, 3.05) is 6.61 Å². The standard InChI is InChI=1S/C19H18N4O3S/c1-13-4-2-6-16(8-13)26-11-18(25)23-22-17(24)9-15-12-27-19(21-15)14-5-3-7-20-10-14/h2-8,10,12H,9,11H2,1H3,(H,22,24)(H,23,25). The summed E-state index contributed by atoms with van der Waals surface area (Å²) in [5.41, 5.74) is 7.25. The molecule has 0 unspecified atom stereocenters. The molecule has 2 N–H and O–H groups in total. The van der Waals surface area contributed by atoms with Gasteiger partial charge in [-0.2, -0.15) is 0 Å². The van der Waals surface area contributed by atoms with Crippen LogP contribution in [0.1, 0.15) is 11.3 Å². The number of hydrogen-bond acceptors (Lipinski definition) is 6. The van der Waals surface area contributed by atoms with Gasteiger partial charge < -0.3 is 4.74 Å². The third-order valence-corrected chi connectivity index (χ3v) is 4.44. The number of ether oxygens (including phenoxy) is 1. The van der Waals surface area contributed by atoms with E-state index in [1.165, 1.54) is 11.3 Å². The summed E-state index contributed by atoms with van der Waals surface area (Å²) >= 11 is 1.44. The van der Waals surface area contributed by atoms with Crippen LogP contribution >= 0.6 is 11.3 Å². The van der Waals surface area contributed by atoms with Gasteiger partial charge in [-0.05, 0) is 36.8 Å². The van der Waals surface area contributed by atoms with Crippen LogP contribution in [0, 0.1) is 6.92 Å². The lowest BCUT2D eigenvalue weighted by Gasteiger charge is -2.08. The van der Waals surface area contributed by atoms with E-state index >= 15 is 0 Å². The van der Waals surface area contributed by atoms with Gasteiger partial charge in [-0.25, -0.2) is 4.98 Å². The van der Waals surface area contributed by atoms with E-state index in [0.29, 0.717) is 11.4 Å². The zero-order chi connectivity index (χ0) is 19.1. The van der Waals surface area contributed by atoms with E-state index in [4.69, 9.17) is 4.74 Å². The Hall–Kier alpha value is -3.26. The second-order valence-electron chi connectivity index (χ2n) is 5.76. The predicted molar refractivity (Wildman–Crippen MR) is 102 cm³/mol. The number of hydrazine groups is 1. The first-order valence-corrected chi connectivity index (χ1v) is 9.10. The van der Waals surface area contributed by atoms with Crippen molar-refractivity contribution >= 4 is 23.2 Å². The predicted octanol–water partition coefficient (Wildman–Crippen LogP) is 2.28. The van der Waals surface area contributed by atoms with Gasteiger partial charge >= 0.3 is 0 Å². The molecule has 138 valence electrons. The number of carbonyl (C=O) groups is 2. The smallest absolute Gasteiger partial charge is 0.276 e. The molecule has 8 heteroatoms. The maximum Gasteiger partial charge on any atom is 0.276 e. The van der Waals surface area contributed by atoms with Crippen LogP contribution < -0.4 is 15.6 Å². The summed E-state index contributed by atoms with van der Waals surface area (Å²) in [6.07, 6.45) is 3.48. The molecule has 0 fully saturated rings. The second kappa shape index (κ2) is 8.91. The summed E-state index contributed by atoms with van der Waals surface area (Å²) in [7, 11) is 0. The van der Waals surface area contributed by atoms with Crippen LogP contribution in [0.25, 0.3) is 10.6 Å². The van der Waals surface area contributed by atoms with Crippen LogP contribution in [0.3, 0.4) is 0 Å². The van der Waals surface area contributed by atoms with E-state index in [1.54, 1.807) is 18.5 Å². The normalized spacial score (nSPS) is 10.3. The first kappa shape index (κ1) is 18.5. The molecular weight excluding hydrogens is 364 g/mol. The van der Waals surface area contributed by atoms with Crippen LogP contribution in [-0.4, -0.2) is 28.4 Å². The number of amides is 2. The van der Waals surface area contributed by atoms with Crippen LogP contribution in [-0.2, 0) is 16.0 Å². The monoisotopic (exact) mass is 382 g/mol. The Morgan fingerprint density at radius 2 is 2.00 bits per heavy atom. The molecule has 0 aliphatic rings. The lowest BCUT2D eigenvalue weighted by Crippen LogP contribution is -2.44. The number of nitrogens with zero attached hydrogens (tertiary/aromatic N) is 2. The third kappa shape index (κ3) is 5.61. The molecular formula is C19H18N4O3S. The highest BCUT2D eigenvalue weighted by Gasteiger charge is 2.10. The fourth-order valence-corrected chi connectivity index (χ4v) is 3.06. The quantitative estimate of drug-likeness (QED) is 0.638. The average molecular weight is 382 g/mol. The highest BCUT2D eigenvalue weighted by molar-refractivity contribution is 7.13. The Bertz CT molecular complexity index is 927. The Morgan fingerprint density at radius 1 is 1.15 bits per heavy atom. The minimum absolute atomic E-state index is 0.0653. The summed E-state index contributed by atoms with van der Waals surface area (Å²) in [4.78, 5) is 32.2. The molecule has 0 aliphatic carbocycles. The highest BCUT2D eigenvalue weighted by atomic mass is 32.1. The van der Waals surface area contributed by atoms with Gasteiger partial charge in [-0.15, -0.1) is 11.3 Å². The Labute approximate surface area is 160 Å². The molecule has 0 saturated heterocycles. The summed E-state index contributed by atoms with van der Waals surface area (Å²) in [6, 6.07) is 11.1. The van der Waals surface area contributed by atoms with E-state index in [0.717, 1.165) is 16.1 Å². The van der Waals surface area contributed by atoms with Crippen molar-refractivity contribution in [3.63, 3.8) is 0 Å². The maximum absolute atomic E-state index is 12.0. The first-order chi connectivity index (χ1) is 13.1. The van der Waals surface area contributed by atoms with E-state index in [9.17, 15) is 9.59 Å². The number of nitrogens with one attached hydrogen (secondary N) is 2. The molecule has 0 spiro atoms. The maximum atomic E-state index is 12.0. The molecule has 0 saturated carbocycles. The lowest BCUT2D eigenvalue weighted by atomic mass is 10.2. The molecule has 0 bridgehead atoms. The number of aryl methyl sites for hydroxylation is 1. The zero-order valence-electron chi connectivity index (χ0n) is 14.6. The largest absolute Gasteiger partial charge is 0.484 e. The van der Waals surface area contributed by atoms with Crippen molar-refractivity contribution in [1.82, 2.24) is 20.8 Å². The van der Waals surface area contributed by atoms with Gasteiger partial charge in [0.2, 0.25) is 5.91 Å².